The Hall–Kier alpha value is -2.62. The first-order valence-electron chi connectivity index (χ1n) is 8.03. The van der Waals surface area contributed by atoms with E-state index in [-0.39, 0.29) is 29.2 Å². The number of benzene rings is 1. The third kappa shape index (κ3) is 4.44. The van der Waals surface area contributed by atoms with E-state index < -0.39 is 4.92 Å². The number of nitro groups is 1. The number of esters is 1. The van der Waals surface area contributed by atoms with Crippen LogP contribution >= 0.6 is 0 Å². The molecule has 0 N–H and O–H groups in total. The predicted molar refractivity (Wildman–Crippen MR) is 88.6 cm³/mol. The Bertz CT molecular complexity index is 666. The van der Waals surface area contributed by atoms with Crippen LogP contribution in [0.3, 0.4) is 0 Å². The molecule has 1 atom stereocenters. The molecule has 7 nitrogen and oxygen atoms in total. The highest BCUT2D eigenvalue weighted by Gasteiger charge is 2.27. The van der Waals surface area contributed by atoms with Gasteiger partial charge in [0.1, 0.15) is 5.69 Å². The molecule has 0 aliphatic carbocycles. The van der Waals surface area contributed by atoms with Gasteiger partial charge in [0.25, 0.3) is 5.69 Å². The van der Waals surface area contributed by atoms with E-state index in [1.165, 1.54) is 6.07 Å². The van der Waals surface area contributed by atoms with Gasteiger partial charge < -0.3 is 9.64 Å². The molecule has 7 heteroatoms. The Morgan fingerprint density at radius 3 is 2.92 bits per heavy atom. The lowest BCUT2D eigenvalue weighted by atomic mass is 9.94. The number of nitriles is 1. The number of hydrogen-bond acceptors (Lipinski definition) is 6. The highest BCUT2D eigenvalue weighted by Crippen LogP contribution is 2.33. The van der Waals surface area contributed by atoms with Gasteiger partial charge in [0.15, 0.2) is 0 Å². The minimum atomic E-state index is -0.465. The van der Waals surface area contributed by atoms with Gasteiger partial charge >= 0.3 is 5.97 Å². The van der Waals surface area contributed by atoms with E-state index in [9.17, 15) is 14.9 Å². The second kappa shape index (κ2) is 7.77. The fourth-order valence-corrected chi connectivity index (χ4v) is 3.00. The van der Waals surface area contributed by atoms with Crippen molar-refractivity contribution in [2.45, 2.75) is 39.2 Å². The van der Waals surface area contributed by atoms with Gasteiger partial charge in [-0.1, -0.05) is 0 Å². The minimum Gasteiger partial charge on any atom is -0.463 e. The molecule has 0 bridgehead atoms. The highest BCUT2D eigenvalue weighted by atomic mass is 16.6. The topological polar surface area (TPSA) is 96.5 Å². The number of carbonyl (C=O) groups excluding carboxylic acids is 1. The van der Waals surface area contributed by atoms with Gasteiger partial charge in [0, 0.05) is 19.2 Å². The van der Waals surface area contributed by atoms with Gasteiger partial charge in [-0.2, -0.15) is 5.26 Å². The highest BCUT2D eigenvalue weighted by molar-refractivity contribution is 5.70. The van der Waals surface area contributed by atoms with Crippen LogP contribution in [0.5, 0.6) is 0 Å². The van der Waals surface area contributed by atoms with E-state index in [1.807, 2.05) is 24.8 Å². The normalized spacial score (nSPS) is 17.4. The van der Waals surface area contributed by atoms with Crippen molar-refractivity contribution >= 4 is 17.3 Å². The quantitative estimate of drug-likeness (QED) is 0.467. The molecule has 0 spiro atoms. The molecular formula is C17H21N3O4. The van der Waals surface area contributed by atoms with Crippen LogP contribution in [-0.4, -0.2) is 30.1 Å². The van der Waals surface area contributed by atoms with Crippen LogP contribution in [0.25, 0.3) is 0 Å². The van der Waals surface area contributed by atoms with Crippen molar-refractivity contribution in [3.63, 3.8) is 0 Å². The molecule has 1 fully saturated rings. The Morgan fingerprint density at radius 1 is 1.54 bits per heavy atom. The first kappa shape index (κ1) is 17.7. The molecule has 0 unspecified atom stereocenters. The number of piperidine rings is 1. The maximum atomic E-state index is 11.8. The second-order valence-electron chi connectivity index (χ2n) is 6.27. The molecule has 1 aromatic rings. The summed E-state index contributed by atoms with van der Waals surface area (Å²) in [6, 6.07) is 6.42. The number of rotatable bonds is 5. The van der Waals surface area contributed by atoms with E-state index >= 15 is 0 Å². The molecule has 2 rings (SSSR count). The van der Waals surface area contributed by atoms with E-state index in [4.69, 9.17) is 10.00 Å². The van der Waals surface area contributed by atoms with Crippen LogP contribution in [0.15, 0.2) is 18.2 Å². The zero-order valence-electron chi connectivity index (χ0n) is 13.9. The van der Waals surface area contributed by atoms with E-state index in [2.05, 4.69) is 0 Å². The van der Waals surface area contributed by atoms with Crippen LogP contribution in [0.4, 0.5) is 11.4 Å². The zero-order chi connectivity index (χ0) is 17.7. The average Bonchev–Trinajstić information content (AvgIpc) is 2.53. The molecule has 0 saturated carbocycles. The van der Waals surface area contributed by atoms with Gasteiger partial charge in [-0.05, 0) is 44.7 Å². The van der Waals surface area contributed by atoms with Crippen LogP contribution in [0.1, 0.15) is 38.7 Å². The first-order valence-corrected chi connectivity index (χ1v) is 8.03. The number of nitrogens with zero attached hydrogens (tertiary/aromatic N) is 3. The summed E-state index contributed by atoms with van der Waals surface area (Å²) in [4.78, 5) is 24.6. The molecular weight excluding hydrogens is 310 g/mol. The molecule has 1 aliphatic rings. The fourth-order valence-electron chi connectivity index (χ4n) is 3.00. The maximum Gasteiger partial charge on any atom is 0.306 e. The lowest BCUT2D eigenvalue weighted by Crippen LogP contribution is -2.37. The van der Waals surface area contributed by atoms with Crippen LogP contribution in [0.2, 0.25) is 0 Å². The number of anilines is 1. The standard InChI is InChI=1S/C17H21N3O4/c1-12(2)24-17(21)9-14-4-3-7-19(11-14)15-6-5-13(10-18)8-16(15)20(22)23/h5-6,8,12,14H,3-4,7,9,11H2,1-2H3/t14-/m1/s1. The number of nitro benzene ring substituents is 1. The molecule has 1 saturated heterocycles. The second-order valence-corrected chi connectivity index (χ2v) is 6.27. The molecule has 128 valence electrons. The Labute approximate surface area is 141 Å². The van der Waals surface area contributed by atoms with Crippen molar-refractivity contribution in [2.24, 2.45) is 5.92 Å². The van der Waals surface area contributed by atoms with Gasteiger partial charge in [-0.3, -0.25) is 14.9 Å². The molecule has 0 amide bonds. The Balaban J connectivity index is 2.13. The van der Waals surface area contributed by atoms with E-state index in [0.717, 1.165) is 12.8 Å². The minimum absolute atomic E-state index is 0.0699. The number of ether oxygens (including phenoxy) is 1. The van der Waals surface area contributed by atoms with Crippen molar-refractivity contribution in [1.29, 1.82) is 5.26 Å². The number of carbonyl (C=O) groups is 1. The molecule has 24 heavy (non-hydrogen) atoms. The number of hydrogen-bond donors (Lipinski definition) is 0. The van der Waals surface area contributed by atoms with Gasteiger partial charge in [0.05, 0.1) is 29.1 Å². The summed E-state index contributed by atoms with van der Waals surface area (Å²) in [5.41, 5.74) is 0.694. The van der Waals surface area contributed by atoms with Crippen molar-refractivity contribution in [2.75, 3.05) is 18.0 Å². The summed E-state index contributed by atoms with van der Waals surface area (Å²) in [5.74, 6) is -0.119. The first-order chi connectivity index (χ1) is 11.4. The summed E-state index contributed by atoms with van der Waals surface area (Å²) in [7, 11) is 0. The van der Waals surface area contributed by atoms with Crippen LogP contribution in [-0.2, 0) is 9.53 Å². The smallest absolute Gasteiger partial charge is 0.306 e. The predicted octanol–water partition coefficient (Wildman–Crippen LogP) is 3.02. The van der Waals surface area contributed by atoms with Crippen LogP contribution < -0.4 is 4.90 Å². The van der Waals surface area contributed by atoms with Crippen molar-refractivity contribution in [3.05, 3.63) is 33.9 Å². The van der Waals surface area contributed by atoms with Crippen molar-refractivity contribution < 1.29 is 14.5 Å². The zero-order valence-corrected chi connectivity index (χ0v) is 13.9. The lowest BCUT2D eigenvalue weighted by Gasteiger charge is -2.33. The molecule has 1 aliphatic heterocycles. The summed E-state index contributed by atoms with van der Waals surface area (Å²) in [6.07, 6.45) is 1.93. The van der Waals surface area contributed by atoms with E-state index in [1.54, 1.807) is 12.1 Å². The average molecular weight is 331 g/mol. The maximum absolute atomic E-state index is 11.8. The Morgan fingerprint density at radius 2 is 2.29 bits per heavy atom. The summed E-state index contributed by atoms with van der Waals surface area (Å²) in [6.45, 7) is 4.89. The monoisotopic (exact) mass is 331 g/mol. The molecule has 1 heterocycles. The summed E-state index contributed by atoms with van der Waals surface area (Å²) >= 11 is 0. The summed E-state index contributed by atoms with van der Waals surface area (Å²) in [5, 5.41) is 20.2. The van der Waals surface area contributed by atoms with Gasteiger partial charge in [-0.25, -0.2) is 0 Å². The van der Waals surface area contributed by atoms with Gasteiger partial charge in [-0.15, -0.1) is 0 Å². The molecule has 0 radical (unpaired) electrons. The van der Waals surface area contributed by atoms with Gasteiger partial charge in [0.2, 0.25) is 0 Å². The SMILES string of the molecule is CC(C)OC(=O)C[C@H]1CCCN(c2ccc(C#N)cc2[N+](=O)[O-])C1. The largest absolute Gasteiger partial charge is 0.463 e. The third-order valence-electron chi connectivity index (χ3n) is 3.98. The Kier molecular flexibility index (Phi) is 5.74. The van der Waals surface area contributed by atoms with Crippen LogP contribution in [0, 0.1) is 27.4 Å². The van der Waals surface area contributed by atoms with Crippen molar-refractivity contribution in [3.8, 4) is 6.07 Å². The third-order valence-corrected chi connectivity index (χ3v) is 3.98. The molecule has 0 aromatic heterocycles. The summed E-state index contributed by atoms with van der Waals surface area (Å²) < 4.78 is 5.18. The van der Waals surface area contributed by atoms with Crippen molar-refractivity contribution in [1.82, 2.24) is 0 Å². The van der Waals surface area contributed by atoms with E-state index in [0.29, 0.717) is 25.2 Å². The lowest BCUT2D eigenvalue weighted by molar-refractivity contribution is -0.384. The fraction of sp³-hybridized carbons (Fsp3) is 0.529. The molecule has 1 aromatic carbocycles.